The van der Waals surface area contributed by atoms with Crippen molar-refractivity contribution in [3.8, 4) is 5.75 Å². The number of halogens is 4. The van der Waals surface area contributed by atoms with Gasteiger partial charge in [-0.2, -0.15) is 13.2 Å². The minimum Gasteiger partial charge on any atom is -0.491 e. The highest BCUT2D eigenvalue weighted by Crippen LogP contribution is 2.41. The van der Waals surface area contributed by atoms with Crippen LogP contribution in [0.1, 0.15) is 29.8 Å². The van der Waals surface area contributed by atoms with Gasteiger partial charge in [0.2, 0.25) is 0 Å². The third-order valence-corrected chi connectivity index (χ3v) is 5.30. The molecule has 0 saturated heterocycles. The maximum Gasteiger partial charge on any atom is 0.416 e. The Bertz CT molecular complexity index is 1460. The molecule has 5 rings (SSSR count). The molecule has 2 aromatic carbocycles. The topological polar surface area (TPSA) is 85.8 Å². The second kappa shape index (κ2) is 8.47. The van der Waals surface area contributed by atoms with E-state index in [4.69, 9.17) is 26.2 Å². The zero-order valence-electron chi connectivity index (χ0n) is 18.6. The van der Waals surface area contributed by atoms with Crippen LogP contribution in [0.25, 0.3) is 16.6 Å². The number of benzene rings is 2. The Morgan fingerprint density at radius 2 is 1.89 bits per heavy atom. The smallest absolute Gasteiger partial charge is 0.416 e. The number of imidazole rings is 1. The highest BCUT2D eigenvalue weighted by atomic mass is 19.4. The first-order valence-corrected chi connectivity index (χ1v) is 10.4. The van der Waals surface area contributed by atoms with E-state index in [1.807, 2.05) is 13.8 Å². The number of nitrogens with two attached hydrogens (primary N) is 1. The van der Waals surface area contributed by atoms with Crippen LogP contribution in [0.15, 0.2) is 42.9 Å². The molecule has 176 valence electrons. The molecule has 7 nitrogen and oxygen atoms in total. The molecule has 0 spiro atoms. The number of aromatic nitrogens is 3. The molecular formula is C22H17B2F4N5O2. The van der Waals surface area contributed by atoms with Crippen LogP contribution in [0.2, 0.25) is 0 Å². The van der Waals surface area contributed by atoms with Crippen LogP contribution >= 0.6 is 0 Å². The summed E-state index contributed by atoms with van der Waals surface area (Å²) in [4.78, 5) is 22.4. The number of carbonyl (C=O) groups is 1. The van der Waals surface area contributed by atoms with E-state index in [-0.39, 0.29) is 22.8 Å². The van der Waals surface area contributed by atoms with Gasteiger partial charge in [-0.25, -0.2) is 14.4 Å². The van der Waals surface area contributed by atoms with Crippen molar-refractivity contribution in [1.29, 1.82) is 0 Å². The van der Waals surface area contributed by atoms with Gasteiger partial charge in [-0.05, 0) is 24.3 Å². The molecule has 0 saturated carbocycles. The number of alkyl halides is 3. The second-order valence-electron chi connectivity index (χ2n) is 7.57. The number of hydrogen-bond donors (Lipinski definition) is 1. The minimum absolute atomic E-state index is 0.115. The van der Waals surface area contributed by atoms with Gasteiger partial charge in [-0.15, -0.1) is 0 Å². The first-order chi connectivity index (χ1) is 16.5. The van der Waals surface area contributed by atoms with E-state index < -0.39 is 41.0 Å². The molecule has 1 aliphatic heterocycles. The van der Waals surface area contributed by atoms with Crippen LogP contribution in [0.4, 0.5) is 29.1 Å². The molecule has 1 aliphatic rings. The summed E-state index contributed by atoms with van der Waals surface area (Å²) in [5.41, 5.74) is 5.24. The first kappa shape index (κ1) is 24.4. The summed E-state index contributed by atoms with van der Waals surface area (Å²) < 4.78 is 61.1. The molecule has 2 aromatic heterocycles. The van der Waals surface area contributed by atoms with E-state index in [1.54, 1.807) is 0 Å². The van der Waals surface area contributed by atoms with Crippen LogP contribution in [0, 0.1) is 5.82 Å². The van der Waals surface area contributed by atoms with E-state index in [0.29, 0.717) is 11.0 Å². The van der Waals surface area contributed by atoms with Gasteiger partial charge in [0.25, 0.3) is 5.91 Å². The van der Waals surface area contributed by atoms with Crippen molar-refractivity contribution in [3.63, 3.8) is 0 Å². The molecule has 35 heavy (non-hydrogen) atoms. The number of ether oxygens (including phenoxy) is 1. The van der Waals surface area contributed by atoms with E-state index in [1.165, 1.54) is 23.0 Å². The lowest BCUT2D eigenvalue weighted by Gasteiger charge is -2.44. The summed E-state index contributed by atoms with van der Waals surface area (Å²) in [6.45, 7) is 3.48. The molecule has 1 amide bonds. The predicted molar refractivity (Wildman–Crippen MR) is 124 cm³/mol. The van der Waals surface area contributed by atoms with E-state index >= 15 is 4.39 Å². The molecule has 0 atom stereocenters. The van der Waals surface area contributed by atoms with Crippen LogP contribution in [0.3, 0.4) is 0 Å². The number of rotatable bonds is 1. The third kappa shape index (κ3) is 4.04. The molecule has 0 aliphatic carbocycles. The Kier molecular flexibility index (Phi) is 5.90. The van der Waals surface area contributed by atoms with Gasteiger partial charge in [0.05, 0.1) is 62.7 Å². The van der Waals surface area contributed by atoms with Crippen molar-refractivity contribution in [2.24, 2.45) is 0 Å². The largest absolute Gasteiger partial charge is 0.491 e. The summed E-state index contributed by atoms with van der Waals surface area (Å²) in [6.07, 6.45) is -1.77. The number of anilines is 2. The number of fused-ring (bicyclic) bond motifs is 4. The van der Waals surface area contributed by atoms with Crippen molar-refractivity contribution in [2.75, 3.05) is 17.2 Å². The molecule has 0 fully saturated rings. The van der Waals surface area contributed by atoms with Crippen molar-refractivity contribution in [1.82, 2.24) is 14.4 Å². The fourth-order valence-corrected chi connectivity index (χ4v) is 3.75. The van der Waals surface area contributed by atoms with E-state index in [2.05, 4.69) is 9.97 Å². The number of hydrogen-bond acceptors (Lipinski definition) is 5. The van der Waals surface area contributed by atoms with Crippen LogP contribution < -0.4 is 15.4 Å². The normalized spacial score (nSPS) is 14.7. The lowest BCUT2D eigenvalue weighted by atomic mass is 9.60. The fourth-order valence-electron chi connectivity index (χ4n) is 3.75. The van der Waals surface area contributed by atoms with Gasteiger partial charge in [-0.1, -0.05) is 13.8 Å². The number of nitrogens with zero attached hydrogens (tertiary/aromatic N) is 4. The van der Waals surface area contributed by atoms with Crippen molar-refractivity contribution in [2.45, 2.75) is 25.4 Å². The van der Waals surface area contributed by atoms with Gasteiger partial charge in [-0.3, -0.25) is 9.20 Å². The van der Waals surface area contributed by atoms with Gasteiger partial charge in [0, 0.05) is 11.4 Å². The van der Waals surface area contributed by atoms with Gasteiger partial charge < -0.3 is 15.4 Å². The molecule has 0 bridgehead atoms. The highest BCUT2D eigenvalue weighted by molar-refractivity contribution is 6.45. The van der Waals surface area contributed by atoms with E-state index in [0.717, 1.165) is 29.2 Å². The Morgan fingerprint density at radius 3 is 2.57 bits per heavy atom. The molecule has 2 N–H and O–H groups in total. The standard InChI is InChI=1S/C20H11B2F4N5O2.C2H6/c21-19(22)7-33-16-3-9(20(24,25)26)1-2-13(16)31(19)18(32)10-4-14-12(5-11(10)23)29-17(27)15-6-28-8-30(14)15;1-2/h1-6,8H,7H2,(H2,27,29);1-2H3. The monoisotopic (exact) mass is 481 g/mol. The summed E-state index contributed by atoms with van der Waals surface area (Å²) in [7, 11) is 12.0. The summed E-state index contributed by atoms with van der Waals surface area (Å²) in [5, 5.41) is -1.96. The quantitative estimate of drug-likeness (QED) is 0.332. The average Bonchev–Trinajstić information content (AvgIpc) is 3.29. The van der Waals surface area contributed by atoms with Gasteiger partial charge >= 0.3 is 6.18 Å². The van der Waals surface area contributed by atoms with E-state index in [9.17, 15) is 18.0 Å². The van der Waals surface area contributed by atoms with Gasteiger partial charge in [0.1, 0.15) is 22.9 Å². The maximum absolute atomic E-state index is 15.0. The average molecular weight is 481 g/mol. The summed E-state index contributed by atoms with van der Waals surface area (Å²) in [6, 6.07) is 4.72. The van der Waals surface area contributed by atoms with Crippen LogP contribution in [-0.2, 0) is 6.18 Å². The van der Waals surface area contributed by atoms with Crippen molar-refractivity contribution < 1.29 is 27.1 Å². The molecular weight excluding hydrogens is 464 g/mol. The molecule has 0 unspecified atom stereocenters. The lowest BCUT2D eigenvalue weighted by Crippen LogP contribution is -2.59. The highest BCUT2D eigenvalue weighted by Gasteiger charge is 2.40. The Hall–Kier alpha value is -3.76. The molecule has 4 radical (unpaired) electrons. The predicted octanol–water partition coefficient (Wildman–Crippen LogP) is 3.68. The lowest BCUT2D eigenvalue weighted by molar-refractivity contribution is -0.137. The third-order valence-electron chi connectivity index (χ3n) is 5.30. The minimum atomic E-state index is -4.64. The zero-order chi connectivity index (χ0) is 25.7. The second-order valence-corrected chi connectivity index (χ2v) is 7.57. The maximum atomic E-state index is 15.0. The SMILES string of the molecule is CC.[B]C1([B])COc2cc(C(F)(F)F)ccc2N1C(=O)c1cc2c(cc1F)nc(N)c1cncn12. The summed E-state index contributed by atoms with van der Waals surface area (Å²) in [5.74, 6) is -2.08. The van der Waals surface area contributed by atoms with Crippen molar-refractivity contribution in [3.05, 3.63) is 59.8 Å². The van der Waals surface area contributed by atoms with Crippen LogP contribution in [-0.4, -0.2) is 47.9 Å². The number of amides is 1. The molecule has 4 aromatic rings. The van der Waals surface area contributed by atoms with Crippen LogP contribution in [0.5, 0.6) is 5.75 Å². The van der Waals surface area contributed by atoms with Gasteiger partial charge in [0.15, 0.2) is 0 Å². The number of nitrogen functional groups attached to an aromatic ring is 1. The Balaban J connectivity index is 0.00000141. The molecule has 3 heterocycles. The Morgan fingerprint density at radius 1 is 1.17 bits per heavy atom. The fraction of sp³-hybridized carbons (Fsp3) is 0.227. The zero-order valence-corrected chi connectivity index (χ0v) is 18.6. The number of carbonyl (C=O) groups excluding carboxylic acids is 1. The molecule has 13 heteroatoms. The summed E-state index contributed by atoms with van der Waals surface area (Å²) >= 11 is 0. The Labute approximate surface area is 199 Å². The first-order valence-electron chi connectivity index (χ1n) is 10.4. The van der Waals surface area contributed by atoms with Crippen molar-refractivity contribution >= 4 is 49.7 Å².